The number of hydrogen-bond acceptors (Lipinski definition) is 4. The van der Waals surface area contributed by atoms with E-state index in [9.17, 15) is 4.79 Å². The Morgan fingerprint density at radius 1 is 1.41 bits per heavy atom. The molecule has 0 bridgehead atoms. The third kappa shape index (κ3) is 2.54. The maximum atomic E-state index is 11.9. The minimum atomic E-state index is -0.227. The second-order valence-electron chi connectivity index (χ2n) is 4.07. The van der Waals surface area contributed by atoms with Crippen LogP contribution in [0.2, 0.25) is 0 Å². The van der Waals surface area contributed by atoms with Gasteiger partial charge in [-0.25, -0.2) is 0 Å². The molecule has 1 aromatic carbocycles. The number of anilines is 1. The summed E-state index contributed by atoms with van der Waals surface area (Å²) in [5, 5.41) is 2.86. The number of fused-ring (bicyclic) bond motifs is 1. The average molecular weight is 297 g/mol. The van der Waals surface area contributed by atoms with Crippen LogP contribution in [0.15, 0.2) is 26.1 Å². The van der Waals surface area contributed by atoms with Crippen LogP contribution in [0.4, 0.5) is 17.1 Å². The number of hydrogen-bond donors (Lipinski definition) is 2. The van der Waals surface area contributed by atoms with Crippen molar-refractivity contribution in [2.75, 3.05) is 5.32 Å². The van der Waals surface area contributed by atoms with E-state index < -0.39 is 0 Å². The van der Waals surface area contributed by atoms with Gasteiger partial charge in [-0.05, 0) is 0 Å². The first kappa shape index (κ1) is 12.2. The molecule has 0 saturated carbocycles. The summed E-state index contributed by atoms with van der Waals surface area (Å²) in [5.41, 5.74) is 8.08. The molecule has 1 amide bonds. The van der Waals surface area contributed by atoms with Crippen molar-refractivity contribution in [3.8, 4) is 0 Å². The quantitative estimate of drug-likeness (QED) is 0.849. The molecule has 0 aliphatic carbocycles. The van der Waals surface area contributed by atoms with Crippen molar-refractivity contribution in [3.05, 3.63) is 18.2 Å². The Bertz CT molecular complexity index is 520. The molecule has 1 aliphatic rings. The molecule has 17 heavy (non-hydrogen) atoms. The summed E-state index contributed by atoms with van der Waals surface area (Å²) in [7, 11) is 0. The number of rotatable bonds is 3. The van der Waals surface area contributed by atoms with Crippen molar-refractivity contribution in [3.63, 3.8) is 0 Å². The van der Waals surface area contributed by atoms with E-state index in [-0.39, 0.29) is 32.4 Å². The predicted molar refractivity (Wildman–Crippen MR) is 67.8 cm³/mol. The van der Waals surface area contributed by atoms with Crippen LogP contribution in [-0.2, 0) is 4.79 Å². The maximum absolute atomic E-state index is 11.9. The molecule has 0 spiro atoms. The number of nitrogens with one attached hydrogen (secondary N) is 1. The van der Waals surface area contributed by atoms with Crippen molar-refractivity contribution in [2.24, 2.45) is 19.6 Å². The van der Waals surface area contributed by atoms with E-state index in [1.54, 1.807) is 0 Å². The Labute approximate surface area is 106 Å². The monoisotopic (exact) mass is 298 g/mol. The zero-order valence-electron chi connectivity index (χ0n) is 9.68. The summed E-state index contributed by atoms with van der Waals surface area (Å²) < 4.78 is 8.57. The van der Waals surface area contributed by atoms with Gasteiger partial charge in [-0.2, -0.15) is 0 Å². The molecular formula is C11H14N4OSe. The molecule has 6 heteroatoms. The van der Waals surface area contributed by atoms with E-state index in [0.29, 0.717) is 0 Å². The zero-order valence-corrected chi connectivity index (χ0v) is 11.4. The number of nitrogens with two attached hydrogens (primary N) is 1. The number of carbonyl (C=O) groups excluding carboxylic acids is 1. The minimum absolute atomic E-state index is 0.0806. The molecule has 90 valence electrons. The molecule has 3 N–H and O–H groups in total. The third-order valence-electron chi connectivity index (χ3n) is 2.75. The Hall–Kier alpha value is -1.23. The van der Waals surface area contributed by atoms with Crippen LogP contribution in [0.5, 0.6) is 0 Å². The van der Waals surface area contributed by atoms with E-state index in [1.807, 2.05) is 32.0 Å². The molecular weight excluding hydrogens is 283 g/mol. The van der Waals surface area contributed by atoms with Crippen LogP contribution in [0, 0.1) is 5.92 Å². The van der Waals surface area contributed by atoms with Gasteiger partial charge in [0.25, 0.3) is 0 Å². The Balaban J connectivity index is 2.18. The number of amides is 1. The van der Waals surface area contributed by atoms with Gasteiger partial charge < -0.3 is 0 Å². The topological polar surface area (TPSA) is 79.8 Å². The molecule has 0 radical (unpaired) electrons. The SMILES string of the molecule is CC(N)C(C)C(=O)Nc1cccc2c1N=[Se]=N2. The molecule has 1 aliphatic heterocycles. The average Bonchev–Trinajstić information content (AvgIpc) is 2.76. The van der Waals surface area contributed by atoms with Crippen molar-refractivity contribution in [1.29, 1.82) is 0 Å². The first-order chi connectivity index (χ1) is 8.09. The molecule has 2 atom stereocenters. The van der Waals surface area contributed by atoms with Crippen molar-refractivity contribution < 1.29 is 4.79 Å². The Morgan fingerprint density at radius 3 is 2.88 bits per heavy atom. The normalized spacial score (nSPS) is 15.9. The summed E-state index contributed by atoms with van der Waals surface area (Å²) in [5.74, 6) is -0.308. The molecule has 0 aromatic heterocycles. The van der Waals surface area contributed by atoms with E-state index >= 15 is 0 Å². The fourth-order valence-electron chi connectivity index (χ4n) is 1.39. The van der Waals surface area contributed by atoms with Gasteiger partial charge in [-0.1, -0.05) is 0 Å². The molecule has 2 unspecified atom stereocenters. The summed E-state index contributed by atoms with van der Waals surface area (Å²) >= 11 is -0.0874. The van der Waals surface area contributed by atoms with Gasteiger partial charge >= 0.3 is 105 Å². The first-order valence-corrected chi connectivity index (χ1v) is 6.90. The Kier molecular flexibility index (Phi) is 3.57. The molecule has 1 aromatic rings. The van der Waals surface area contributed by atoms with E-state index in [2.05, 4.69) is 13.2 Å². The van der Waals surface area contributed by atoms with Crippen LogP contribution >= 0.6 is 0 Å². The molecule has 2 rings (SSSR count). The van der Waals surface area contributed by atoms with Gasteiger partial charge in [0.15, 0.2) is 0 Å². The summed E-state index contributed by atoms with van der Waals surface area (Å²) in [6, 6.07) is 5.44. The summed E-state index contributed by atoms with van der Waals surface area (Å²) in [6.07, 6.45) is 0. The van der Waals surface area contributed by atoms with Crippen molar-refractivity contribution >= 4 is 37.5 Å². The van der Waals surface area contributed by atoms with Gasteiger partial charge in [0, 0.05) is 0 Å². The van der Waals surface area contributed by atoms with E-state index in [4.69, 9.17) is 5.73 Å². The third-order valence-corrected chi connectivity index (χ3v) is 3.88. The van der Waals surface area contributed by atoms with Crippen LogP contribution < -0.4 is 11.1 Å². The van der Waals surface area contributed by atoms with Gasteiger partial charge in [-0.15, -0.1) is 0 Å². The zero-order chi connectivity index (χ0) is 12.4. The standard InChI is InChI=1S/C11H14N4OSe/c1-6(7(2)12)11(16)13-8-4-3-5-9-10(8)15-17-14-9/h3-7H,12H2,1-2H3,(H,13,16). The number of nitrogens with zero attached hydrogens (tertiary/aromatic N) is 2. The van der Waals surface area contributed by atoms with Gasteiger partial charge in [0.1, 0.15) is 0 Å². The van der Waals surface area contributed by atoms with Gasteiger partial charge in [0.05, 0.1) is 0 Å². The first-order valence-electron chi connectivity index (χ1n) is 5.37. The van der Waals surface area contributed by atoms with Crippen LogP contribution in [-0.4, -0.2) is 26.5 Å². The van der Waals surface area contributed by atoms with Crippen LogP contribution in [0.1, 0.15) is 13.8 Å². The van der Waals surface area contributed by atoms with Crippen LogP contribution in [0.3, 0.4) is 0 Å². The van der Waals surface area contributed by atoms with Gasteiger partial charge in [0.2, 0.25) is 0 Å². The molecule has 0 fully saturated rings. The van der Waals surface area contributed by atoms with Crippen molar-refractivity contribution in [1.82, 2.24) is 0 Å². The second kappa shape index (κ2) is 4.96. The fourth-order valence-corrected chi connectivity index (χ4v) is 2.55. The molecule has 0 saturated heterocycles. The van der Waals surface area contributed by atoms with E-state index in [1.165, 1.54) is 0 Å². The molecule has 1 heterocycles. The van der Waals surface area contributed by atoms with E-state index in [0.717, 1.165) is 17.1 Å². The Morgan fingerprint density at radius 2 is 2.18 bits per heavy atom. The number of benzene rings is 1. The van der Waals surface area contributed by atoms with Crippen molar-refractivity contribution in [2.45, 2.75) is 19.9 Å². The molecule has 5 nitrogen and oxygen atoms in total. The summed E-state index contributed by atoms with van der Waals surface area (Å²) in [4.78, 5) is 11.9. The van der Waals surface area contributed by atoms with Crippen LogP contribution in [0.25, 0.3) is 0 Å². The number of carbonyl (C=O) groups is 1. The fraction of sp³-hybridized carbons (Fsp3) is 0.364. The summed E-state index contributed by atoms with van der Waals surface area (Å²) in [6.45, 7) is 3.64. The second-order valence-corrected chi connectivity index (χ2v) is 5.18. The van der Waals surface area contributed by atoms with Gasteiger partial charge in [-0.3, -0.25) is 0 Å². The predicted octanol–water partition coefficient (Wildman–Crippen LogP) is 1.96.